The molecule has 0 unspecified atom stereocenters. The minimum atomic E-state index is -1.20. The number of rotatable bonds is 8. The third-order valence-corrected chi connectivity index (χ3v) is 22.5. The van der Waals surface area contributed by atoms with E-state index in [9.17, 15) is 39.6 Å². The van der Waals surface area contributed by atoms with Crippen molar-refractivity contribution in [2.45, 2.75) is 0 Å². The van der Waals surface area contributed by atoms with Gasteiger partial charge in [0, 0.05) is 111 Å². The molecule has 8 N–H and O–H groups in total. The number of carbonyl (C=O) groups excluding carboxylic acids is 4. The van der Waals surface area contributed by atoms with Gasteiger partial charge in [0.05, 0.1) is 115 Å². The van der Waals surface area contributed by atoms with Gasteiger partial charge >= 0.3 is 118 Å². The Kier molecular flexibility index (Phi) is 27.7. The summed E-state index contributed by atoms with van der Waals surface area (Å²) >= 11 is 0. The summed E-state index contributed by atoms with van der Waals surface area (Å²) in [4.78, 5) is 110. The van der Waals surface area contributed by atoms with Gasteiger partial charge in [-0.2, -0.15) is 0 Å². The van der Waals surface area contributed by atoms with E-state index in [4.69, 9.17) is 19.9 Å². The second-order valence-corrected chi connectivity index (χ2v) is 31.7. The molecule has 24 nitrogen and oxygen atoms in total. The Labute approximate surface area is 862 Å². The number of benzene rings is 4. The monoisotopic (exact) mass is 1810 g/mol. The quantitative estimate of drug-likeness (QED) is 0.0728. The Bertz CT molecular complexity index is 7560. The van der Waals surface area contributed by atoms with E-state index >= 15 is 0 Å². The van der Waals surface area contributed by atoms with Crippen LogP contribution in [0.5, 0.6) is 0 Å². The van der Waals surface area contributed by atoms with Gasteiger partial charge in [-0.1, -0.05) is 97.1 Å². The van der Waals surface area contributed by atoms with Gasteiger partial charge in [0.15, 0.2) is 0 Å². The number of aromatic nitrogens is 16. The molecule has 4 aromatic carbocycles. The number of carbonyl (C=O) groups is 4. The maximum Gasteiger partial charge on any atom is 1.00 e. The number of hydrogen-bond donors (Lipinski definition) is 8. The molecular weight excluding hydrogens is 1740 g/mol. The van der Waals surface area contributed by atoms with Crippen LogP contribution in [-0.2, 0) is 0 Å². The van der Waals surface area contributed by atoms with Gasteiger partial charge in [0.2, 0.25) is 0 Å². The standard InChI is InChI=1S/4C27H18N4O2.4Na/c4*32-27(33)17-3-1-16(2-4-17)26-24-11-9-22(30-24)14-20-7-5-18(28-20)13-19-6-8-21(29-19)15-23-10-12-25(26)31-23;;;;/h4*1-15,28,31H,(H,32,33);;;;/q;;;;4*+1/p-4. The maximum atomic E-state index is 11.2. The first-order valence-electron chi connectivity index (χ1n) is 42.0. The van der Waals surface area contributed by atoms with Crippen LogP contribution >= 0.6 is 0 Å². The fourth-order valence-corrected chi connectivity index (χ4v) is 16.3. The second kappa shape index (κ2) is 40.5. The van der Waals surface area contributed by atoms with Crippen LogP contribution in [-0.4, -0.2) is 104 Å². The predicted octanol–water partition coefficient (Wildman–Crippen LogP) is 6.76. The molecule has 8 aliphatic rings. The van der Waals surface area contributed by atoms with Crippen LogP contribution < -0.4 is 139 Å². The maximum absolute atomic E-state index is 11.2. The number of fused-ring (bicyclic) bond motifs is 32. The van der Waals surface area contributed by atoms with E-state index in [0.717, 1.165) is 224 Å². The van der Waals surface area contributed by atoms with Crippen molar-refractivity contribution in [3.05, 3.63) is 380 Å². The molecule has 0 saturated carbocycles. The Hall–Kier alpha value is -14.8. The molecule has 0 spiro atoms. The van der Waals surface area contributed by atoms with Crippen molar-refractivity contribution in [3.8, 4) is 44.5 Å². The van der Waals surface area contributed by atoms with Crippen molar-refractivity contribution in [1.29, 1.82) is 0 Å². The van der Waals surface area contributed by atoms with Crippen molar-refractivity contribution in [2.75, 3.05) is 0 Å². The van der Waals surface area contributed by atoms with Crippen molar-refractivity contribution in [1.82, 2.24) is 79.7 Å². The number of nitrogens with zero attached hydrogens (tertiary/aromatic N) is 8. The summed E-state index contributed by atoms with van der Waals surface area (Å²) in [6.45, 7) is 0. The molecule has 0 saturated heterocycles. The van der Waals surface area contributed by atoms with Gasteiger partial charge in [-0.15, -0.1) is 0 Å². The van der Waals surface area contributed by atoms with Crippen LogP contribution in [0.15, 0.2) is 267 Å². The Morgan fingerprint density at radius 1 is 0.169 bits per heavy atom. The van der Waals surface area contributed by atoms with E-state index in [-0.39, 0.29) is 140 Å². The Balaban J connectivity index is 0.000000125. The predicted molar refractivity (Wildman–Crippen MR) is 514 cm³/mol. The number of aromatic amines is 8. The van der Waals surface area contributed by atoms with Crippen LogP contribution in [0, 0.1) is 0 Å². The van der Waals surface area contributed by atoms with E-state index in [2.05, 4.69) is 59.8 Å². The Morgan fingerprint density at radius 3 is 0.471 bits per heavy atom. The van der Waals surface area contributed by atoms with Crippen molar-refractivity contribution >= 4 is 209 Å². The fraction of sp³-hybridized carbons (Fsp3) is 0. The van der Waals surface area contributed by atoms with Gasteiger partial charge in [0.25, 0.3) is 0 Å². The molecule has 20 heterocycles. The molecule has 0 fully saturated rings. The molecule has 16 aromatic rings. The molecule has 0 radical (unpaired) electrons. The first kappa shape index (κ1) is 93.0. The van der Waals surface area contributed by atoms with Crippen molar-refractivity contribution in [2.24, 2.45) is 0 Å². The number of H-pyrrole nitrogens is 8. The number of hydrogen-bond acceptors (Lipinski definition) is 16. The molecule has 24 rings (SSSR count). The number of aromatic carboxylic acids is 4. The summed E-state index contributed by atoms with van der Waals surface area (Å²) in [5.74, 6) is -4.80. The molecule has 12 aromatic heterocycles. The number of carboxylic acid groups (broad SMARTS) is 4. The van der Waals surface area contributed by atoms with E-state index in [1.807, 2.05) is 267 Å². The summed E-state index contributed by atoms with van der Waals surface area (Å²) in [6, 6.07) is 82.6. The molecule has 28 heteroatoms. The smallest absolute Gasteiger partial charge is 0.545 e. The van der Waals surface area contributed by atoms with Gasteiger partial charge < -0.3 is 79.5 Å². The minimum Gasteiger partial charge on any atom is -0.545 e. The SMILES string of the molecule is O=C([O-])c1ccc(-c2c3nc(cc4ccc(cc5nc(cc6ccc2[nH]6)C=C5)[nH]4)C=C3)cc1.O=C([O-])c1ccc(-c2c3nc(cc4ccc(cc5nc(cc6ccc2[nH]6)C=C5)[nH]4)C=C3)cc1.O=C([O-])c1ccc(-c2c3nc(cc4ccc(cc5nc(cc6ccc2[nH]6)C=C5)[nH]4)C=C3)cc1.O=C([O-])c1ccc(-c2c3nc(cc4ccc(cc5nc(cc6ccc2[nH]6)C=C5)[nH]4)C=C3)cc1.[Na+].[Na+].[Na+].[Na+]. The Morgan fingerprint density at radius 2 is 0.309 bits per heavy atom. The molecule has 0 amide bonds. The van der Waals surface area contributed by atoms with E-state index in [1.54, 1.807) is 97.1 Å². The van der Waals surface area contributed by atoms with Gasteiger partial charge in [-0.05, 0) is 312 Å². The van der Waals surface area contributed by atoms with Crippen LogP contribution in [0.1, 0.15) is 133 Å². The van der Waals surface area contributed by atoms with Crippen LogP contribution in [0.3, 0.4) is 0 Å². The van der Waals surface area contributed by atoms with E-state index in [0.29, 0.717) is 0 Å². The molecular formula is C108H68N16Na4O8. The summed E-state index contributed by atoms with van der Waals surface area (Å²) in [5, 5.41) is 44.8. The fourth-order valence-electron chi connectivity index (χ4n) is 16.3. The summed E-state index contributed by atoms with van der Waals surface area (Å²) < 4.78 is 0. The molecule has 0 aliphatic carbocycles. The second-order valence-electron chi connectivity index (χ2n) is 31.7. The first-order valence-corrected chi connectivity index (χ1v) is 42.0. The number of carboxylic acids is 4. The van der Waals surface area contributed by atoms with Gasteiger partial charge in [-0.25, -0.2) is 39.9 Å². The molecule has 136 heavy (non-hydrogen) atoms. The van der Waals surface area contributed by atoms with E-state index < -0.39 is 23.9 Å². The average molecular weight is 1810 g/mol. The molecule has 32 bridgehead atoms. The zero-order valence-electron chi connectivity index (χ0n) is 73.5. The summed E-state index contributed by atoms with van der Waals surface area (Å²) in [5.41, 5.74) is 35.6. The van der Waals surface area contributed by atoms with Crippen molar-refractivity contribution < 1.29 is 158 Å². The largest absolute Gasteiger partial charge is 1.00 e. The van der Waals surface area contributed by atoms with Crippen LogP contribution in [0.4, 0.5) is 0 Å². The average Bonchev–Trinajstić information content (AvgIpc) is 1.65. The summed E-state index contributed by atoms with van der Waals surface area (Å²) in [6.07, 6.45) is 31.6. The van der Waals surface area contributed by atoms with Gasteiger partial charge in [0.1, 0.15) is 0 Å². The van der Waals surface area contributed by atoms with E-state index in [1.165, 1.54) is 0 Å². The zero-order valence-corrected chi connectivity index (χ0v) is 81.5. The molecule has 0 atom stereocenters. The van der Waals surface area contributed by atoms with Crippen LogP contribution in [0.25, 0.3) is 230 Å². The van der Waals surface area contributed by atoms with Gasteiger partial charge in [-0.3, -0.25) is 0 Å². The third kappa shape index (κ3) is 21.0. The minimum absolute atomic E-state index is 0. The normalized spacial score (nSPS) is 11.9. The van der Waals surface area contributed by atoms with Crippen molar-refractivity contribution in [3.63, 3.8) is 0 Å². The third-order valence-electron chi connectivity index (χ3n) is 22.5. The zero-order chi connectivity index (χ0) is 89.5. The number of nitrogens with one attached hydrogen (secondary N) is 8. The summed E-state index contributed by atoms with van der Waals surface area (Å²) in [7, 11) is 0. The molecule has 632 valence electrons. The first-order chi connectivity index (χ1) is 64.4. The molecule has 8 aliphatic heterocycles. The topological polar surface area (TPSA) is 390 Å². The van der Waals surface area contributed by atoms with Crippen LogP contribution in [0.2, 0.25) is 0 Å².